The fraction of sp³-hybridized carbons (Fsp3) is 0.571. The number of non-ortho nitro benzene ring substituents is 1. The quantitative estimate of drug-likeness (QED) is 0.0561. The second-order valence-electron chi connectivity index (χ2n) is 15.0. The molecule has 2 aromatic rings. The van der Waals surface area contributed by atoms with E-state index in [2.05, 4.69) is 17.8 Å². The first-order valence-electron chi connectivity index (χ1n) is 19.8. The summed E-state index contributed by atoms with van der Waals surface area (Å²) in [7, 11) is 1.51. The van der Waals surface area contributed by atoms with Crippen molar-refractivity contribution in [1.29, 1.82) is 0 Å². The fourth-order valence-electron chi connectivity index (χ4n) is 8.93. The van der Waals surface area contributed by atoms with Crippen molar-refractivity contribution in [3.05, 3.63) is 82.4 Å². The molecule has 14 nitrogen and oxygen atoms in total. The molecule has 2 aromatic carbocycles. The summed E-state index contributed by atoms with van der Waals surface area (Å²) in [5.41, 5.74) is 2.38. The van der Waals surface area contributed by atoms with Crippen molar-refractivity contribution in [2.24, 2.45) is 28.8 Å². The minimum absolute atomic E-state index is 0.0134. The molecule has 2 fully saturated rings. The zero-order valence-corrected chi connectivity index (χ0v) is 32.1. The minimum atomic E-state index is -1.40. The SMILES string of the molecule is C=CCOC12Oc3ccc(Oc4cccc([N+](=O)[O-])c4)cc3C3C(CCCCO)C(CCCCO)C=C(C(=NOC)CC1N(CCOCCO)C(=O)C1CC1)C32. The number of allylic oxidation sites excluding steroid dienone is 1. The number of nitro benzene ring substituents is 1. The lowest BCUT2D eigenvalue weighted by Gasteiger charge is -2.60. The first-order valence-corrected chi connectivity index (χ1v) is 19.8. The number of ether oxygens (including phenoxy) is 4. The molecule has 0 spiro atoms. The van der Waals surface area contributed by atoms with E-state index in [0.717, 1.165) is 49.7 Å². The van der Waals surface area contributed by atoms with E-state index in [0.29, 0.717) is 35.8 Å². The summed E-state index contributed by atoms with van der Waals surface area (Å²) in [6.07, 6.45) is 10.2. The van der Waals surface area contributed by atoms with Crippen molar-refractivity contribution < 1.29 is 48.8 Å². The van der Waals surface area contributed by atoms with Gasteiger partial charge in [0.1, 0.15) is 30.4 Å². The standard InChI is InChI=1S/C42H55N3O11/c1-3-21-54-42-38(44(17-22-53-23-20-48)41(49)28-13-14-28)27-36(43-52-2)34-24-29(9-4-6-18-46)33(12-5-7-19-47)39(40(34)42)35-26-32(15-16-37(35)56-42)55-31-11-8-10-30(25-31)45(50)51/h3,8,10-11,15-16,24-26,28-29,33,38-40,46-48H,1,4-7,9,12-14,17-23,27H2,2H3. The van der Waals surface area contributed by atoms with Gasteiger partial charge in [0.25, 0.3) is 5.69 Å². The van der Waals surface area contributed by atoms with E-state index in [9.17, 15) is 30.2 Å². The van der Waals surface area contributed by atoms with Crippen LogP contribution >= 0.6 is 0 Å². The van der Waals surface area contributed by atoms with Gasteiger partial charge in [-0.2, -0.15) is 0 Å². The predicted molar refractivity (Wildman–Crippen MR) is 207 cm³/mol. The lowest BCUT2D eigenvalue weighted by Crippen LogP contribution is -2.70. The minimum Gasteiger partial charge on any atom is -0.459 e. The first kappa shape index (κ1) is 41.3. The summed E-state index contributed by atoms with van der Waals surface area (Å²) in [4.78, 5) is 32.8. The average molecular weight is 778 g/mol. The number of oxime groups is 1. The summed E-state index contributed by atoms with van der Waals surface area (Å²) in [6.45, 7) is 4.70. The molecule has 6 atom stereocenters. The van der Waals surface area contributed by atoms with E-state index in [4.69, 9.17) is 23.8 Å². The van der Waals surface area contributed by atoms with Gasteiger partial charge in [0.05, 0.1) is 49.0 Å². The molecule has 1 aliphatic heterocycles. The number of hydrogen-bond acceptors (Lipinski definition) is 12. The van der Waals surface area contributed by atoms with E-state index in [1.165, 1.54) is 19.2 Å². The maximum Gasteiger partial charge on any atom is 0.273 e. The molecular weight excluding hydrogens is 722 g/mol. The molecule has 1 heterocycles. The number of hydrogen-bond donors (Lipinski definition) is 3. The average Bonchev–Trinajstić information content (AvgIpc) is 4.05. The Kier molecular flexibility index (Phi) is 14.2. The van der Waals surface area contributed by atoms with Gasteiger partial charge < -0.3 is 44.0 Å². The molecular formula is C42H55N3O11. The molecule has 14 heteroatoms. The van der Waals surface area contributed by atoms with Crippen LogP contribution in [0.2, 0.25) is 0 Å². The highest BCUT2D eigenvalue weighted by molar-refractivity contribution is 6.03. The second kappa shape index (κ2) is 19.2. The molecule has 3 aliphatic carbocycles. The van der Waals surface area contributed by atoms with Crippen LogP contribution in [-0.4, -0.2) is 102 Å². The van der Waals surface area contributed by atoms with Crippen LogP contribution < -0.4 is 9.47 Å². The highest BCUT2D eigenvalue weighted by Gasteiger charge is 2.65. The van der Waals surface area contributed by atoms with Crippen LogP contribution in [-0.2, 0) is 19.1 Å². The number of aliphatic hydroxyl groups excluding tert-OH is 3. The van der Waals surface area contributed by atoms with Gasteiger partial charge in [0, 0.05) is 49.6 Å². The number of carbonyl (C=O) groups excluding carboxylic acids is 1. The monoisotopic (exact) mass is 777 g/mol. The molecule has 0 aromatic heterocycles. The molecule has 0 bridgehead atoms. The highest BCUT2D eigenvalue weighted by atomic mass is 16.7. The van der Waals surface area contributed by atoms with E-state index in [1.807, 2.05) is 17.0 Å². The number of amides is 1. The van der Waals surface area contributed by atoms with Gasteiger partial charge in [-0.1, -0.05) is 36.2 Å². The zero-order chi connectivity index (χ0) is 39.7. The summed E-state index contributed by atoms with van der Waals surface area (Å²) >= 11 is 0. The number of rotatable bonds is 22. The van der Waals surface area contributed by atoms with E-state index in [1.54, 1.807) is 24.3 Å². The zero-order valence-electron chi connectivity index (χ0n) is 32.1. The molecule has 0 radical (unpaired) electrons. The number of carbonyl (C=O) groups is 1. The topological polar surface area (TPSA) is 183 Å². The number of fused-ring (bicyclic) bond motifs is 2. The Morgan fingerprint density at radius 3 is 2.52 bits per heavy atom. The van der Waals surface area contributed by atoms with E-state index < -0.39 is 22.7 Å². The lowest BCUT2D eigenvalue weighted by molar-refractivity contribution is -0.384. The predicted octanol–water partition coefficient (Wildman–Crippen LogP) is 5.90. The van der Waals surface area contributed by atoms with Gasteiger partial charge in [-0.3, -0.25) is 14.9 Å². The van der Waals surface area contributed by atoms with Crippen molar-refractivity contribution in [2.45, 2.75) is 75.5 Å². The smallest absolute Gasteiger partial charge is 0.273 e. The second-order valence-corrected chi connectivity index (χ2v) is 15.0. The van der Waals surface area contributed by atoms with Gasteiger partial charge in [-0.05, 0) is 80.2 Å². The van der Waals surface area contributed by atoms with Gasteiger partial charge in [0.15, 0.2) is 0 Å². The van der Waals surface area contributed by atoms with E-state index in [-0.39, 0.29) is 87.9 Å². The van der Waals surface area contributed by atoms with Crippen LogP contribution in [0.1, 0.15) is 69.3 Å². The first-order chi connectivity index (χ1) is 27.3. The van der Waals surface area contributed by atoms with Gasteiger partial charge in [0.2, 0.25) is 11.7 Å². The molecule has 4 aliphatic rings. The lowest BCUT2D eigenvalue weighted by atomic mass is 9.55. The molecule has 56 heavy (non-hydrogen) atoms. The number of nitrogens with zero attached hydrogens (tertiary/aromatic N) is 3. The molecule has 1 amide bonds. The van der Waals surface area contributed by atoms with E-state index >= 15 is 0 Å². The summed E-state index contributed by atoms with van der Waals surface area (Å²) in [5, 5.41) is 45.3. The Morgan fingerprint density at radius 2 is 1.82 bits per heavy atom. The third-order valence-electron chi connectivity index (χ3n) is 11.4. The molecule has 6 rings (SSSR count). The Labute approximate surface area is 327 Å². The largest absolute Gasteiger partial charge is 0.459 e. The summed E-state index contributed by atoms with van der Waals surface area (Å²) in [6, 6.07) is 10.9. The van der Waals surface area contributed by atoms with Crippen LogP contribution in [0.4, 0.5) is 5.69 Å². The third-order valence-corrected chi connectivity index (χ3v) is 11.4. The number of aliphatic hydroxyl groups is 3. The van der Waals surface area contributed by atoms with Crippen LogP contribution in [0, 0.1) is 33.8 Å². The van der Waals surface area contributed by atoms with Gasteiger partial charge >= 0.3 is 0 Å². The number of nitro groups is 1. The Balaban J connectivity index is 1.55. The number of benzene rings is 2. The Hall–Kier alpha value is -4.34. The molecule has 0 saturated heterocycles. The van der Waals surface area contributed by atoms with Crippen LogP contribution in [0.5, 0.6) is 17.2 Å². The number of unbranched alkanes of at least 4 members (excludes halogenated alkanes) is 2. The maximum atomic E-state index is 14.3. The Morgan fingerprint density at radius 1 is 1.05 bits per heavy atom. The molecule has 2 saturated carbocycles. The summed E-state index contributed by atoms with van der Waals surface area (Å²) < 4.78 is 26.2. The van der Waals surface area contributed by atoms with Gasteiger partial charge in [-0.25, -0.2) is 0 Å². The molecule has 6 unspecified atom stereocenters. The van der Waals surface area contributed by atoms with Crippen molar-refractivity contribution in [3.8, 4) is 17.2 Å². The summed E-state index contributed by atoms with van der Waals surface area (Å²) in [5.74, 6) is -0.879. The normalized spacial score (nSPS) is 25.7. The Bertz CT molecular complexity index is 1750. The van der Waals surface area contributed by atoms with Crippen LogP contribution in [0.3, 0.4) is 0 Å². The van der Waals surface area contributed by atoms with Crippen molar-refractivity contribution in [3.63, 3.8) is 0 Å². The van der Waals surface area contributed by atoms with Crippen LogP contribution in [0.25, 0.3) is 0 Å². The van der Waals surface area contributed by atoms with Crippen molar-refractivity contribution in [2.75, 3.05) is 53.3 Å². The van der Waals surface area contributed by atoms with Gasteiger partial charge in [-0.15, -0.1) is 6.58 Å². The molecule has 304 valence electrons. The fourth-order valence-corrected chi connectivity index (χ4v) is 8.93. The van der Waals surface area contributed by atoms with Crippen molar-refractivity contribution >= 4 is 17.3 Å². The van der Waals surface area contributed by atoms with Crippen LogP contribution in [0.15, 0.2) is 71.9 Å². The molecule has 3 N–H and O–H groups in total. The highest BCUT2D eigenvalue weighted by Crippen LogP contribution is 2.62. The third kappa shape index (κ3) is 8.94. The van der Waals surface area contributed by atoms with Crippen molar-refractivity contribution in [1.82, 2.24) is 4.90 Å². The maximum absolute atomic E-state index is 14.3.